The molecule has 0 saturated heterocycles. The van der Waals surface area contributed by atoms with Crippen molar-refractivity contribution in [1.82, 2.24) is 0 Å². The van der Waals surface area contributed by atoms with Crippen LogP contribution in [0.5, 0.6) is 0 Å². The van der Waals surface area contributed by atoms with Crippen LogP contribution in [-0.4, -0.2) is 22.8 Å². The van der Waals surface area contributed by atoms with Gasteiger partial charge >= 0.3 is 0 Å². The predicted molar refractivity (Wildman–Crippen MR) is 41.0 cm³/mol. The maximum Gasteiger partial charge on any atom is 0.0159 e. The largest absolute Gasteiger partial charge is 0.329 e. The minimum atomic E-state index is 0.256. The van der Waals surface area contributed by atoms with Crippen LogP contribution in [0.25, 0.3) is 0 Å². The van der Waals surface area contributed by atoms with Crippen molar-refractivity contribution in [3.63, 3.8) is 0 Å². The van der Waals surface area contributed by atoms with Crippen molar-refractivity contribution >= 4 is 10.2 Å². The summed E-state index contributed by atoms with van der Waals surface area (Å²) in [6.45, 7) is 2.80. The van der Waals surface area contributed by atoms with Gasteiger partial charge in [0.25, 0.3) is 0 Å². The molecule has 4 N–H and O–H groups in total. The normalized spacial score (nSPS) is 18.4. The van der Waals surface area contributed by atoms with E-state index < -0.39 is 0 Å². The molecule has 0 amide bonds. The molecule has 0 fully saturated rings. The molecule has 3 heteroatoms. The Morgan fingerprint density at radius 1 is 1.62 bits per heavy atom. The third-order valence-corrected chi connectivity index (χ3v) is 3.32. The Morgan fingerprint density at radius 3 is 2.25 bits per heavy atom. The first kappa shape index (κ1) is 8.14. The van der Waals surface area contributed by atoms with Gasteiger partial charge in [0.05, 0.1) is 0 Å². The topological polar surface area (TPSA) is 52.0 Å². The Kier molecular flexibility index (Phi) is 4.13. The van der Waals surface area contributed by atoms with Crippen LogP contribution < -0.4 is 11.5 Å². The highest BCUT2D eigenvalue weighted by Gasteiger charge is 2.06. The second kappa shape index (κ2) is 4.06. The van der Waals surface area contributed by atoms with E-state index in [0.29, 0.717) is 12.1 Å². The van der Waals surface area contributed by atoms with Crippen molar-refractivity contribution in [1.29, 1.82) is 0 Å². The summed E-state index contributed by atoms with van der Waals surface area (Å²) in [5.74, 6) is 0. The van der Waals surface area contributed by atoms with E-state index in [1.807, 2.05) is 0 Å². The summed E-state index contributed by atoms with van der Waals surface area (Å²) in [6.07, 6.45) is 1.19. The van der Waals surface area contributed by atoms with Crippen LogP contribution in [0.15, 0.2) is 0 Å². The van der Waals surface area contributed by atoms with Gasteiger partial charge in [0.2, 0.25) is 0 Å². The Morgan fingerprint density at radius 2 is 2.12 bits per heavy atom. The molecule has 0 saturated carbocycles. The Hall–Kier alpha value is 0.137. The molecule has 2 unspecified atom stereocenters. The van der Waals surface area contributed by atoms with Gasteiger partial charge in [-0.2, -0.15) is 0 Å². The molecule has 0 rings (SSSR count). The fraction of sp³-hybridized carbons (Fsp3) is 1.00. The monoisotopic (exact) mass is 132 g/mol. The molecule has 0 heterocycles. The lowest BCUT2D eigenvalue weighted by Gasteiger charge is -2.14. The molecule has 2 nitrogen and oxygen atoms in total. The Balaban J connectivity index is 3.29. The second-order valence-corrected chi connectivity index (χ2v) is 3.77. The summed E-state index contributed by atoms with van der Waals surface area (Å²) >= 11 is 0. The third kappa shape index (κ3) is 2.45. The minimum Gasteiger partial charge on any atom is -0.329 e. The molecule has 0 spiro atoms. The molecular formula is C5H16N2Si. The van der Waals surface area contributed by atoms with Crippen LogP contribution in [0.3, 0.4) is 0 Å². The standard InChI is InChI=1S/C5H16N2Si/c1-2-5(8)4(7)3-6/h4-5H,2-3,6-7H2,1,8H3. The van der Waals surface area contributed by atoms with Crippen LogP contribution in [-0.2, 0) is 0 Å². The van der Waals surface area contributed by atoms with Gasteiger partial charge in [0.15, 0.2) is 0 Å². The number of hydrogen-bond donors (Lipinski definition) is 2. The van der Waals surface area contributed by atoms with E-state index in [1.165, 1.54) is 16.7 Å². The highest BCUT2D eigenvalue weighted by atomic mass is 28.1. The number of rotatable bonds is 3. The quantitative estimate of drug-likeness (QED) is 0.476. The van der Waals surface area contributed by atoms with Crippen molar-refractivity contribution in [3.8, 4) is 0 Å². The first-order valence-corrected chi connectivity index (χ1v) is 4.33. The molecule has 0 aromatic heterocycles. The van der Waals surface area contributed by atoms with E-state index >= 15 is 0 Å². The van der Waals surface area contributed by atoms with Crippen molar-refractivity contribution < 1.29 is 0 Å². The average molecular weight is 132 g/mol. The van der Waals surface area contributed by atoms with Crippen molar-refractivity contribution in [2.24, 2.45) is 11.5 Å². The van der Waals surface area contributed by atoms with Gasteiger partial charge in [0.1, 0.15) is 0 Å². The van der Waals surface area contributed by atoms with E-state index in [2.05, 4.69) is 6.92 Å². The molecule has 8 heavy (non-hydrogen) atoms. The van der Waals surface area contributed by atoms with Crippen LogP contribution in [0.4, 0.5) is 0 Å². The molecule has 0 radical (unpaired) electrons. The molecule has 0 aliphatic rings. The molecular weight excluding hydrogens is 116 g/mol. The average Bonchev–Trinajstić information content (AvgIpc) is 1.84. The summed E-state index contributed by atoms with van der Waals surface area (Å²) in [5, 5.41) is 0. The van der Waals surface area contributed by atoms with E-state index in [4.69, 9.17) is 11.5 Å². The summed E-state index contributed by atoms with van der Waals surface area (Å²) in [4.78, 5) is 0. The fourth-order valence-corrected chi connectivity index (χ4v) is 0.807. The van der Waals surface area contributed by atoms with E-state index in [9.17, 15) is 0 Å². The summed E-state index contributed by atoms with van der Waals surface area (Å²) < 4.78 is 0. The van der Waals surface area contributed by atoms with Gasteiger partial charge < -0.3 is 11.5 Å². The van der Waals surface area contributed by atoms with Crippen molar-refractivity contribution in [2.45, 2.75) is 24.9 Å². The van der Waals surface area contributed by atoms with E-state index in [1.54, 1.807) is 0 Å². The highest BCUT2D eigenvalue weighted by Crippen LogP contribution is 2.06. The van der Waals surface area contributed by atoms with Gasteiger partial charge in [-0.15, -0.1) is 0 Å². The zero-order chi connectivity index (χ0) is 6.57. The fourth-order valence-electron chi connectivity index (χ4n) is 0.535. The zero-order valence-corrected chi connectivity index (χ0v) is 7.72. The maximum absolute atomic E-state index is 5.64. The molecule has 2 atom stereocenters. The summed E-state index contributed by atoms with van der Waals surface area (Å²) in [7, 11) is 1.18. The Labute approximate surface area is 54.0 Å². The molecule has 0 aliphatic heterocycles. The lowest BCUT2D eigenvalue weighted by atomic mass is 10.2. The van der Waals surface area contributed by atoms with E-state index in [0.717, 1.165) is 0 Å². The molecule has 50 valence electrons. The second-order valence-electron chi connectivity index (χ2n) is 2.29. The predicted octanol–water partition coefficient (Wildman–Crippen LogP) is -1.16. The lowest BCUT2D eigenvalue weighted by Crippen LogP contribution is -2.33. The third-order valence-electron chi connectivity index (χ3n) is 1.65. The summed E-state index contributed by atoms with van der Waals surface area (Å²) in [6, 6.07) is 0.256. The molecule has 0 aromatic rings. The lowest BCUT2D eigenvalue weighted by molar-refractivity contribution is 0.611. The number of hydrogen-bond acceptors (Lipinski definition) is 2. The van der Waals surface area contributed by atoms with Crippen LogP contribution in [0.2, 0.25) is 5.54 Å². The van der Waals surface area contributed by atoms with E-state index in [-0.39, 0.29) is 6.04 Å². The smallest absolute Gasteiger partial charge is 0.0159 e. The van der Waals surface area contributed by atoms with Gasteiger partial charge in [-0.05, 0) is 5.54 Å². The molecule has 0 bridgehead atoms. The van der Waals surface area contributed by atoms with Gasteiger partial charge in [-0.25, -0.2) is 0 Å². The molecule has 0 aromatic carbocycles. The van der Waals surface area contributed by atoms with Crippen molar-refractivity contribution in [2.75, 3.05) is 6.54 Å². The first-order valence-electron chi connectivity index (χ1n) is 3.18. The van der Waals surface area contributed by atoms with Crippen LogP contribution in [0, 0.1) is 0 Å². The number of nitrogens with two attached hydrogens (primary N) is 2. The first-order chi connectivity index (χ1) is 3.72. The SMILES string of the molecule is CCC([SiH3])C(N)CN. The Bertz CT molecular complexity index is 50.4. The minimum absolute atomic E-state index is 0.256. The summed E-state index contributed by atoms with van der Waals surface area (Å²) in [5.41, 5.74) is 11.7. The van der Waals surface area contributed by atoms with Crippen molar-refractivity contribution in [3.05, 3.63) is 0 Å². The van der Waals surface area contributed by atoms with Crippen LogP contribution >= 0.6 is 0 Å². The van der Waals surface area contributed by atoms with Gasteiger partial charge in [-0.1, -0.05) is 13.3 Å². The van der Waals surface area contributed by atoms with Gasteiger partial charge in [0, 0.05) is 22.8 Å². The zero-order valence-electron chi connectivity index (χ0n) is 5.72. The highest BCUT2D eigenvalue weighted by molar-refractivity contribution is 6.12. The molecule has 0 aliphatic carbocycles. The van der Waals surface area contributed by atoms with Crippen LogP contribution in [0.1, 0.15) is 13.3 Å². The van der Waals surface area contributed by atoms with Gasteiger partial charge in [-0.3, -0.25) is 0 Å². The maximum atomic E-state index is 5.64.